The van der Waals surface area contributed by atoms with Gasteiger partial charge in [0, 0.05) is 12.5 Å². The van der Waals surface area contributed by atoms with Crippen molar-refractivity contribution in [3.05, 3.63) is 32.8 Å². The fourth-order valence-corrected chi connectivity index (χ4v) is 1.58. The van der Waals surface area contributed by atoms with Gasteiger partial charge in [0.2, 0.25) is 0 Å². The number of methoxy groups -OCH3 is 1. The largest absolute Gasteiger partial charge is 0.492 e. The normalized spacial score (nSPS) is 9.89. The number of nitrogens with zero attached hydrogens (tertiary/aromatic N) is 1. The first-order valence-corrected chi connectivity index (χ1v) is 5.97. The Labute approximate surface area is 112 Å². The number of nitro benzene ring substituents is 1. The molecule has 0 aliphatic rings. The maximum Gasteiger partial charge on any atom is 0.305 e. The van der Waals surface area contributed by atoms with Crippen LogP contribution in [-0.4, -0.2) is 24.6 Å². The van der Waals surface area contributed by atoms with E-state index in [9.17, 15) is 14.9 Å². The minimum atomic E-state index is -0.492. The van der Waals surface area contributed by atoms with Crippen LogP contribution < -0.4 is 4.74 Å². The molecule has 0 N–H and O–H groups in total. The molecule has 0 heterocycles. The van der Waals surface area contributed by atoms with Gasteiger partial charge in [-0.2, -0.15) is 0 Å². The summed E-state index contributed by atoms with van der Waals surface area (Å²) in [4.78, 5) is 21.0. The summed E-state index contributed by atoms with van der Waals surface area (Å²) in [5.74, 6) is 0.0748. The predicted molar refractivity (Wildman–Crippen MR) is 67.5 cm³/mol. The van der Waals surface area contributed by atoms with E-state index in [2.05, 4.69) is 20.7 Å². The van der Waals surface area contributed by atoms with Gasteiger partial charge in [-0.05, 0) is 28.4 Å². The number of carbonyl (C=O) groups excluding carboxylic acids is 1. The minimum Gasteiger partial charge on any atom is -0.492 e. The monoisotopic (exact) mass is 317 g/mol. The van der Waals surface area contributed by atoms with Crippen molar-refractivity contribution in [1.82, 2.24) is 0 Å². The van der Waals surface area contributed by atoms with Crippen molar-refractivity contribution >= 4 is 27.6 Å². The summed E-state index contributed by atoms with van der Waals surface area (Å²) in [6, 6.07) is 4.27. The third-order valence-corrected chi connectivity index (χ3v) is 2.79. The average molecular weight is 318 g/mol. The summed E-state index contributed by atoms with van der Waals surface area (Å²) in [6.07, 6.45) is 0.741. The summed E-state index contributed by atoms with van der Waals surface area (Å²) in [6.45, 7) is 0.287. The third-order valence-electron chi connectivity index (χ3n) is 2.14. The molecular weight excluding hydrogens is 306 g/mol. The molecule has 0 saturated heterocycles. The van der Waals surface area contributed by atoms with E-state index in [1.54, 1.807) is 6.07 Å². The van der Waals surface area contributed by atoms with Crippen LogP contribution in [0.4, 0.5) is 5.69 Å². The van der Waals surface area contributed by atoms with Crippen LogP contribution in [0, 0.1) is 10.1 Å². The van der Waals surface area contributed by atoms with Gasteiger partial charge >= 0.3 is 5.97 Å². The molecule has 0 amide bonds. The van der Waals surface area contributed by atoms with Crippen molar-refractivity contribution in [2.24, 2.45) is 0 Å². The zero-order valence-electron chi connectivity index (χ0n) is 9.72. The predicted octanol–water partition coefficient (Wildman–Crippen LogP) is 2.69. The van der Waals surface area contributed by atoms with Crippen LogP contribution in [0.1, 0.15) is 12.8 Å². The topological polar surface area (TPSA) is 78.7 Å². The third kappa shape index (κ3) is 4.33. The minimum absolute atomic E-state index is 0.0406. The molecule has 98 valence electrons. The summed E-state index contributed by atoms with van der Waals surface area (Å²) in [5.41, 5.74) is -0.0406. The lowest BCUT2D eigenvalue weighted by Crippen LogP contribution is -2.05. The first kappa shape index (κ1) is 14.4. The number of rotatable bonds is 6. The Balaban J connectivity index is 2.53. The average Bonchev–Trinajstić information content (AvgIpc) is 2.35. The van der Waals surface area contributed by atoms with E-state index >= 15 is 0 Å². The number of hydrogen-bond acceptors (Lipinski definition) is 5. The molecule has 0 aliphatic carbocycles. The van der Waals surface area contributed by atoms with Crippen LogP contribution >= 0.6 is 15.9 Å². The molecule has 0 fully saturated rings. The molecule has 6 nitrogen and oxygen atoms in total. The van der Waals surface area contributed by atoms with Crippen LogP contribution in [0.3, 0.4) is 0 Å². The van der Waals surface area contributed by atoms with E-state index in [0.717, 1.165) is 0 Å². The molecule has 0 unspecified atom stereocenters. The number of ether oxygens (including phenoxy) is 2. The fraction of sp³-hybridized carbons (Fsp3) is 0.364. The second kappa shape index (κ2) is 6.95. The van der Waals surface area contributed by atoms with E-state index in [4.69, 9.17) is 4.74 Å². The molecule has 0 spiro atoms. The Morgan fingerprint density at radius 3 is 2.83 bits per heavy atom. The molecule has 7 heteroatoms. The maximum absolute atomic E-state index is 10.9. The number of esters is 1. The van der Waals surface area contributed by atoms with Gasteiger partial charge in [0.25, 0.3) is 5.69 Å². The Kier molecular flexibility index (Phi) is 5.57. The molecule has 1 aromatic carbocycles. The van der Waals surface area contributed by atoms with Gasteiger partial charge < -0.3 is 9.47 Å². The second-order valence-electron chi connectivity index (χ2n) is 3.40. The summed E-state index contributed by atoms with van der Waals surface area (Å²) in [5, 5.41) is 10.6. The van der Waals surface area contributed by atoms with E-state index < -0.39 is 4.92 Å². The van der Waals surface area contributed by atoms with E-state index in [1.165, 1.54) is 19.2 Å². The van der Waals surface area contributed by atoms with Gasteiger partial charge in [-0.25, -0.2) is 0 Å². The second-order valence-corrected chi connectivity index (χ2v) is 4.25. The van der Waals surface area contributed by atoms with Gasteiger partial charge in [-0.1, -0.05) is 0 Å². The SMILES string of the molecule is COC(=O)CCCOc1cc([N+](=O)[O-])ccc1Br. The molecule has 1 aromatic rings. The van der Waals surface area contributed by atoms with Crippen molar-refractivity contribution in [3.8, 4) is 5.75 Å². The van der Waals surface area contributed by atoms with Crippen molar-refractivity contribution < 1.29 is 19.2 Å². The first-order chi connectivity index (χ1) is 8.54. The Morgan fingerprint density at radius 2 is 2.22 bits per heavy atom. The lowest BCUT2D eigenvalue weighted by molar-refractivity contribution is -0.385. The number of halogens is 1. The molecule has 0 saturated carbocycles. The highest BCUT2D eigenvalue weighted by Gasteiger charge is 2.10. The van der Waals surface area contributed by atoms with Crippen LogP contribution in [0.2, 0.25) is 0 Å². The Morgan fingerprint density at radius 1 is 1.50 bits per heavy atom. The first-order valence-electron chi connectivity index (χ1n) is 5.18. The molecule has 0 aromatic heterocycles. The van der Waals surface area contributed by atoms with E-state index in [0.29, 0.717) is 16.6 Å². The molecule has 1 rings (SSSR count). The van der Waals surface area contributed by atoms with Gasteiger partial charge in [0.15, 0.2) is 0 Å². The molecule has 0 bridgehead atoms. The van der Waals surface area contributed by atoms with Crippen molar-refractivity contribution in [1.29, 1.82) is 0 Å². The van der Waals surface area contributed by atoms with Crippen LogP contribution in [-0.2, 0) is 9.53 Å². The highest BCUT2D eigenvalue weighted by molar-refractivity contribution is 9.10. The lowest BCUT2D eigenvalue weighted by atomic mass is 10.3. The summed E-state index contributed by atoms with van der Waals surface area (Å²) < 4.78 is 10.5. The van der Waals surface area contributed by atoms with Gasteiger partial charge in [-0.15, -0.1) is 0 Å². The van der Waals surface area contributed by atoms with Crippen LogP contribution in [0.25, 0.3) is 0 Å². The van der Waals surface area contributed by atoms with E-state index in [-0.39, 0.29) is 24.7 Å². The number of carbonyl (C=O) groups is 1. The zero-order valence-corrected chi connectivity index (χ0v) is 11.3. The van der Waals surface area contributed by atoms with Crippen molar-refractivity contribution in [2.45, 2.75) is 12.8 Å². The highest BCUT2D eigenvalue weighted by Crippen LogP contribution is 2.29. The molecule has 0 radical (unpaired) electrons. The van der Waals surface area contributed by atoms with Crippen molar-refractivity contribution in [2.75, 3.05) is 13.7 Å². The number of benzene rings is 1. The van der Waals surface area contributed by atoms with Crippen LogP contribution in [0.5, 0.6) is 5.75 Å². The van der Waals surface area contributed by atoms with Crippen molar-refractivity contribution in [3.63, 3.8) is 0 Å². The highest BCUT2D eigenvalue weighted by atomic mass is 79.9. The number of non-ortho nitro benzene ring substituents is 1. The quantitative estimate of drug-likeness (QED) is 0.349. The molecule has 0 atom stereocenters. The van der Waals surface area contributed by atoms with Gasteiger partial charge in [0.05, 0.1) is 29.2 Å². The zero-order chi connectivity index (χ0) is 13.5. The Bertz CT molecular complexity index is 449. The fourth-order valence-electron chi connectivity index (χ4n) is 1.22. The standard InChI is InChI=1S/C11H12BrNO5/c1-17-11(14)3-2-6-18-10-7-8(13(15)16)4-5-9(10)12/h4-5,7H,2-3,6H2,1H3. The Hall–Kier alpha value is -1.63. The maximum atomic E-state index is 10.9. The number of hydrogen-bond donors (Lipinski definition) is 0. The molecular formula is C11H12BrNO5. The molecule has 18 heavy (non-hydrogen) atoms. The van der Waals surface area contributed by atoms with Crippen LogP contribution in [0.15, 0.2) is 22.7 Å². The summed E-state index contributed by atoms with van der Waals surface area (Å²) in [7, 11) is 1.32. The van der Waals surface area contributed by atoms with Gasteiger partial charge in [0.1, 0.15) is 5.75 Å². The van der Waals surface area contributed by atoms with Gasteiger partial charge in [-0.3, -0.25) is 14.9 Å². The van der Waals surface area contributed by atoms with E-state index in [1.807, 2.05) is 0 Å². The number of nitro groups is 1. The smallest absolute Gasteiger partial charge is 0.305 e. The lowest BCUT2D eigenvalue weighted by Gasteiger charge is -2.07. The molecule has 0 aliphatic heterocycles. The summed E-state index contributed by atoms with van der Waals surface area (Å²) >= 11 is 3.24.